The molecule has 0 aromatic carbocycles. The highest BCUT2D eigenvalue weighted by molar-refractivity contribution is 7.71. The zero-order valence-corrected chi connectivity index (χ0v) is 7.36. The van der Waals surface area contributed by atoms with Gasteiger partial charge in [0.1, 0.15) is 0 Å². The van der Waals surface area contributed by atoms with Crippen molar-refractivity contribution in [2.45, 2.75) is 0 Å². The average molecular weight is 179 g/mol. The van der Waals surface area contributed by atoms with Crippen molar-refractivity contribution in [2.75, 3.05) is 0 Å². The molecule has 0 spiro atoms. The fourth-order valence-corrected chi connectivity index (χ4v) is 0.991. The quantitative estimate of drug-likeness (QED) is 0.570. The number of hydrogen-bond donors (Lipinski definition) is 1. The smallest absolute Gasteiger partial charge is 0.266 e. The number of hydrogen-bond acceptors (Lipinski definition) is 2. The van der Waals surface area contributed by atoms with Gasteiger partial charge in [0.05, 0.1) is 5.69 Å². The van der Waals surface area contributed by atoms with Crippen molar-refractivity contribution in [3.63, 3.8) is 0 Å². The Balaban J connectivity index is 3.12. The van der Waals surface area contributed by atoms with Crippen molar-refractivity contribution in [1.29, 1.82) is 0 Å². The molecule has 0 amide bonds. The second-order valence-electron chi connectivity index (χ2n) is 2.09. The Hall–Kier alpha value is -1.35. The fourth-order valence-electron chi connectivity index (χ4n) is 0.792. The van der Waals surface area contributed by atoms with Crippen LogP contribution in [0.3, 0.4) is 0 Å². The first kappa shape index (κ1) is 8.74. The standard InChI is InChI=1S/C9H9NOS/c1-3-5-6-7-8(4-2)11-9(12)10-7/h3-6H,1-2H2,(H,10,12)/b6-5-. The van der Waals surface area contributed by atoms with E-state index in [9.17, 15) is 0 Å². The molecule has 0 aliphatic carbocycles. The van der Waals surface area contributed by atoms with Crippen LogP contribution in [0.25, 0.3) is 12.2 Å². The molecule has 2 nitrogen and oxygen atoms in total. The first-order chi connectivity index (χ1) is 5.77. The second kappa shape index (κ2) is 3.88. The monoisotopic (exact) mass is 179 g/mol. The maximum atomic E-state index is 5.12. The molecular weight excluding hydrogens is 170 g/mol. The van der Waals surface area contributed by atoms with Crippen LogP contribution in [0.4, 0.5) is 0 Å². The molecule has 0 bridgehead atoms. The first-order valence-corrected chi connectivity index (χ1v) is 3.83. The SMILES string of the molecule is C=C/C=C\c1[nH]c(=S)oc1C=C. The lowest BCUT2D eigenvalue weighted by atomic mass is 10.3. The molecule has 1 aromatic rings. The molecule has 0 radical (unpaired) electrons. The Morgan fingerprint density at radius 1 is 1.42 bits per heavy atom. The predicted molar refractivity (Wildman–Crippen MR) is 53.2 cm³/mol. The molecule has 0 atom stereocenters. The summed E-state index contributed by atoms with van der Waals surface area (Å²) in [6.07, 6.45) is 6.90. The fraction of sp³-hybridized carbons (Fsp3) is 0. The topological polar surface area (TPSA) is 28.9 Å². The Labute approximate surface area is 75.9 Å². The van der Waals surface area contributed by atoms with Gasteiger partial charge in [-0.1, -0.05) is 25.3 Å². The summed E-state index contributed by atoms with van der Waals surface area (Å²) < 4.78 is 5.12. The molecule has 0 aliphatic heterocycles. The van der Waals surface area contributed by atoms with Gasteiger partial charge in [-0.3, -0.25) is 0 Å². The summed E-state index contributed by atoms with van der Waals surface area (Å²) >= 11 is 4.81. The van der Waals surface area contributed by atoms with Crippen molar-refractivity contribution in [3.05, 3.63) is 41.6 Å². The van der Waals surface area contributed by atoms with Gasteiger partial charge in [-0.25, -0.2) is 0 Å². The number of nitrogens with one attached hydrogen (secondary N) is 1. The van der Waals surface area contributed by atoms with Crippen molar-refractivity contribution >= 4 is 24.4 Å². The Morgan fingerprint density at radius 2 is 2.17 bits per heavy atom. The minimum Gasteiger partial charge on any atom is -0.429 e. The van der Waals surface area contributed by atoms with Crippen LogP contribution in [-0.2, 0) is 0 Å². The van der Waals surface area contributed by atoms with Crippen LogP contribution < -0.4 is 0 Å². The van der Waals surface area contributed by atoms with Crippen molar-refractivity contribution in [2.24, 2.45) is 0 Å². The van der Waals surface area contributed by atoms with Gasteiger partial charge in [-0.05, 0) is 24.4 Å². The number of oxazole rings is 1. The predicted octanol–water partition coefficient (Wildman–Crippen LogP) is 3.18. The number of aromatic amines is 1. The van der Waals surface area contributed by atoms with Crippen LogP contribution in [0.1, 0.15) is 11.5 Å². The summed E-state index contributed by atoms with van der Waals surface area (Å²) in [4.78, 5) is 3.23. The van der Waals surface area contributed by atoms with E-state index in [2.05, 4.69) is 18.1 Å². The molecule has 0 unspecified atom stereocenters. The first-order valence-electron chi connectivity index (χ1n) is 3.42. The van der Waals surface area contributed by atoms with E-state index in [1.165, 1.54) is 0 Å². The number of aromatic nitrogens is 1. The lowest BCUT2D eigenvalue weighted by molar-refractivity contribution is 0.531. The number of rotatable bonds is 3. The van der Waals surface area contributed by atoms with Crippen LogP contribution in [-0.4, -0.2) is 4.98 Å². The lowest BCUT2D eigenvalue weighted by Crippen LogP contribution is -1.73. The second-order valence-corrected chi connectivity index (χ2v) is 2.46. The van der Waals surface area contributed by atoms with Gasteiger partial charge in [0.15, 0.2) is 5.76 Å². The zero-order chi connectivity index (χ0) is 8.97. The molecule has 1 heterocycles. The van der Waals surface area contributed by atoms with Crippen molar-refractivity contribution in [3.8, 4) is 0 Å². The molecule has 1 rings (SSSR count). The summed E-state index contributed by atoms with van der Waals surface area (Å²) in [5.41, 5.74) is 0.815. The Bertz CT molecular complexity index is 370. The van der Waals surface area contributed by atoms with Crippen LogP contribution in [0, 0.1) is 4.84 Å². The van der Waals surface area contributed by atoms with Gasteiger partial charge in [-0.2, -0.15) is 0 Å². The van der Waals surface area contributed by atoms with Crippen LogP contribution >= 0.6 is 12.2 Å². The molecule has 1 aromatic heterocycles. The van der Waals surface area contributed by atoms with Gasteiger partial charge < -0.3 is 9.40 Å². The minimum atomic E-state index is 0.355. The number of allylic oxidation sites excluding steroid dienone is 2. The average Bonchev–Trinajstić information content (AvgIpc) is 2.42. The summed E-state index contributed by atoms with van der Waals surface area (Å²) in [6, 6.07) is 0. The largest absolute Gasteiger partial charge is 0.429 e. The van der Waals surface area contributed by atoms with E-state index in [4.69, 9.17) is 16.6 Å². The molecule has 3 heteroatoms. The third-order valence-electron chi connectivity index (χ3n) is 1.29. The van der Waals surface area contributed by atoms with Crippen molar-refractivity contribution < 1.29 is 4.42 Å². The van der Waals surface area contributed by atoms with Crippen LogP contribution in [0.15, 0.2) is 29.7 Å². The number of H-pyrrole nitrogens is 1. The van der Waals surface area contributed by atoms with E-state index >= 15 is 0 Å². The zero-order valence-electron chi connectivity index (χ0n) is 6.54. The molecular formula is C9H9NOS. The maximum Gasteiger partial charge on any atom is 0.266 e. The maximum absolute atomic E-state index is 5.12. The van der Waals surface area contributed by atoms with E-state index in [-0.39, 0.29) is 0 Å². The highest BCUT2D eigenvalue weighted by Crippen LogP contribution is 2.11. The van der Waals surface area contributed by atoms with Crippen LogP contribution in [0.2, 0.25) is 0 Å². The van der Waals surface area contributed by atoms with Gasteiger partial charge in [0.25, 0.3) is 4.84 Å². The summed E-state index contributed by atoms with van der Waals surface area (Å²) in [7, 11) is 0. The summed E-state index contributed by atoms with van der Waals surface area (Å²) in [5, 5.41) is 0. The lowest BCUT2D eigenvalue weighted by Gasteiger charge is -1.84. The van der Waals surface area contributed by atoms with E-state index in [1.54, 1.807) is 18.2 Å². The third-order valence-corrected chi connectivity index (χ3v) is 1.47. The highest BCUT2D eigenvalue weighted by atomic mass is 32.1. The molecule has 0 aliphatic rings. The van der Waals surface area contributed by atoms with Crippen molar-refractivity contribution in [1.82, 2.24) is 4.98 Å². The Morgan fingerprint density at radius 3 is 2.75 bits per heavy atom. The molecule has 0 saturated heterocycles. The van der Waals surface area contributed by atoms with Gasteiger partial charge in [-0.15, -0.1) is 0 Å². The Kier molecular flexibility index (Phi) is 2.82. The minimum absolute atomic E-state index is 0.355. The molecule has 0 fully saturated rings. The van der Waals surface area contributed by atoms with E-state index in [0.717, 1.165) is 5.69 Å². The van der Waals surface area contributed by atoms with E-state index in [0.29, 0.717) is 10.6 Å². The van der Waals surface area contributed by atoms with Crippen LogP contribution in [0.5, 0.6) is 0 Å². The van der Waals surface area contributed by atoms with E-state index in [1.807, 2.05) is 6.08 Å². The van der Waals surface area contributed by atoms with Gasteiger partial charge in [0.2, 0.25) is 0 Å². The third kappa shape index (κ3) is 1.83. The summed E-state index contributed by atoms with van der Waals surface area (Å²) in [6.45, 7) is 7.15. The molecule has 1 N–H and O–H groups in total. The van der Waals surface area contributed by atoms with Gasteiger partial charge >= 0.3 is 0 Å². The highest BCUT2D eigenvalue weighted by Gasteiger charge is 1.99. The van der Waals surface area contributed by atoms with Gasteiger partial charge in [0, 0.05) is 0 Å². The normalized spacial score (nSPS) is 10.3. The molecule has 0 saturated carbocycles. The summed E-state index contributed by atoms with van der Waals surface area (Å²) in [5.74, 6) is 0.651. The molecule has 62 valence electrons. The molecule has 12 heavy (non-hydrogen) atoms. The van der Waals surface area contributed by atoms with E-state index < -0.39 is 0 Å².